The Kier molecular flexibility index (Phi) is 6.15. The van der Waals surface area contributed by atoms with Crippen molar-refractivity contribution in [3.63, 3.8) is 0 Å². The zero-order chi connectivity index (χ0) is 19.3. The number of nitrogens with zero attached hydrogens (tertiary/aromatic N) is 1. The van der Waals surface area contributed by atoms with Gasteiger partial charge in [0.25, 0.3) is 10.0 Å². The minimum Gasteiger partial charge on any atom is -0.339 e. The molecule has 26 heavy (non-hydrogen) atoms. The van der Waals surface area contributed by atoms with E-state index in [1.54, 1.807) is 29.2 Å². The maximum atomic E-state index is 12.6. The first-order valence-corrected chi connectivity index (χ1v) is 9.70. The predicted molar refractivity (Wildman–Crippen MR) is 100 cm³/mol. The molecule has 6 nitrogen and oxygen atoms in total. The highest BCUT2D eigenvalue weighted by Gasteiger charge is 2.17. The fraction of sp³-hybridized carbons (Fsp3) is 0.263. The molecular formula is C19H22N2O4S. The number of para-hydroxylation sites is 1. The lowest BCUT2D eigenvalue weighted by atomic mass is 10.1. The SMILES string of the molecule is CCN(Cc1ccccc1NS(=O)(=O)c1ccc(C(C)=O)cc1)C(C)=O. The molecule has 0 bridgehead atoms. The summed E-state index contributed by atoms with van der Waals surface area (Å²) < 4.78 is 27.9. The molecule has 0 saturated heterocycles. The van der Waals surface area contributed by atoms with Crippen LogP contribution in [0.15, 0.2) is 53.4 Å². The molecule has 0 spiro atoms. The van der Waals surface area contributed by atoms with E-state index in [0.717, 1.165) is 0 Å². The van der Waals surface area contributed by atoms with Gasteiger partial charge in [-0.3, -0.25) is 14.3 Å². The second-order valence-electron chi connectivity index (χ2n) is 5.88. The zero-order valence-corrected chi connectivity index (χ0v) is 15.8. The van der Waals surface area contributed by atoms with Crippen LogP contribution >= 0.6 is 0 Å². The van der Waals surface area contributed by atoms with Crippen LogP contribution in [0.5, 0.6) is 0 Å². The van der Waals surface area contributed by atoms with Crippen LogP contribution in [0.2, 0.25) is 0 Å². The molecule has 0 aliphatic rings. The maximum absolute atomic E-state index is 12.6. The van der Waals surface area contributed by atoms with Gasteiger partial charge in [0.1, 0.15) is 0 Å². The highest BCUT2D eigenvalue weighted by Crippen LogP contribution is 2.22. The smallest absolute Gasteiger partial charge is 0.261 e. The molecule has 1 N–H and O–H groups in total. The number of sulfonamides is 1. The number of hydrogen-bond acceptors (Lipinski definition) is 4. The zero-order valence-electron chi connectivity index (χ0n) is 15.0. The highest BCUT2D eigenvalue weighted by molar-refractivity contribution is 7.92. The van der Waals surface area contributed by atoms with Gasteiger partial charge >= 0.3 is 0 Å². The molecule has 0 aromatic heterocycles. The van der Waals surface area contributed by atoms with Crippen LogP contribution in [-0.4, -0.2) is 31.6 Å². The van der Waals surface area contributed by atoms with Gasteiger partial charge in [0.15, 0.2) is 5.78 Å². The van der Waals surface area contributed by atoms with Gasteiger partial charge in [-0.1, -0.05) is 30.3 Å². The summed E-state index contributed by atoms with van der Waals surface area (Å²) in [7, 11) is -3.81. The fourth-order valence-corrected chi connectivity index (χ4v) is 3.58. The van der Waals surface area contributed by atoms with Gasteiger partial charge in [-0.05, 0) is 37.6 Å². The predicted octanol–water partition coefficient (Wildman–Crippen LogP) is 3.06. The van der Waals surface area contributed by atoms with E-state index in [2.05, 4.69) is 4.72 Å². The van der Waals surface area contributed by atoms with Crippen LogP contribution in [0.4, 0.5) is 5.69 Å². The summed E-state index contributed by atoms with van der Waals surface area (Å²) in [6, 6.07) is 12.7. The van der Waals surface area contributed by atoms with E-state index in [4.69, 9.17) is 0 Å². The third-order valence-electron chi connectivity index (χ3n) is 4.02. The summed E-state index contributed by atoms with van der Waals surface area (Å²) in [6.07, 6.45) is 0. The number of benzene rings is 2. The number of ketones is 1. The number of carbonyl (C=O) groups is 2. The lowest BCUT2D eigenvalue weighted by Gasteiger charge is -2.21. The van der Waals surface area contributed by atoms with Crippen LogP contribution < -0.4 is 4.72 Å². The van der Waals surface area contributed by atoms with Crippen LogP contribution in [0, 0.1) is 0 Å². The Hall–Kier alpha value is -2.67. The summed E-state index contributed by atoms with van der Waals surface area (Å²) in [5, 5.41) is 0. The molecule has 0 atom stereocenters. The summed E-state index contributed by atoms with van der Waals surface area (Å²) >= 11 is 0. The number of nitrogens with one attached hydrogen (secondary N) is 1. The van der Waals surface area contributed by atoms with Gasteiger partial charge in [0, 0.05) is 25.6 Å². The molecule has 0 unspecified atom stereocenters. The van der Waals surface area contributed by atoms with Gasteiger partial charge in [-0.15, -0.1) is 0 Å². The molecule has 138 valence electrons. The molecule has 2 aromatic rings. The fourth-order valence-electron chi connectivity index (χ4n) is 2.48. The average Bonchev–Trinajstić information content (AvgIpc) is 2.60. The normalized spacial score (nSPS) is 11.0. The number of hydrogen-bond donors (Lipinski definition) is 1. The van der Waals surface area contributed by atoms with E-state index in [0.29, 0.717) is 29.9 Å². The Morgan fingerprint density at radius 3 is 2.15 bits per heavy atom. The van der Waals surface area contributed by atoms with E-state index in [-0.39, 0.29) is 16.6 Å². The number of amides is 1. The summed E-state index contributed by atoms with van der Waals surface area (Å²) in [4.78, 5) is 24.7. The minimum atomic E-state index is -3.81. The molecular weight excluding hydrogens is 352 g/mol. The van der Waals surface area contributed by atoms with Crippen molar-refractivity contribution in [1.29, 1.82) is 0 Å². The van der Waals surface area contributed by atoms with Crippen molar-refractivity contribution in [2.75, 3.05) is 11.3 Å². The molecule has 0 aliphatic carbocycles. The standard InChI is InChI=1S/C19H22N2O4S/c1-4-21(15(3)23)13-17-7-5-6-8-19(17)20-26(24,25)18-11-9-16(10-12-18)14(2)22/h5-12,20H,4,13H2,1-3H3. The second kappa shape index (κ2) is 8.14. The van der Waals surface area contributed by atoms with Gasteiger partial charge < -0.3 is 4.90 Å². The molecule has 0 aliphatic heterocycles. The monoisotopic (exact) mass is 374 g/mol. The Bertz CT molecular complexity index is 905. The summed E-state index contributed by atoms with van der Waals surface area (Å²) in [6.45, 7) is 5.61. The van der Waals surface area contributed by atoms with E-state index >= 15 is 0 Å². The number of anilines is 1. The first-order valence-electron chi connectivity index (χ1n) is 8.22. The second-order valence-corrected chi connectivity index (χ2v) is 7.56. The molecule has 2 aromatic carbocycles. The van der Waals surface area contributed by atoms with E-state index in [1.807, 2.05) is 6.92 Å². The van der Waals surface area contributed by atoms with Crippen molar-refractivity contribution in [3.8, 4) is 0 Å². The third kappa shape index (κ3) is 4.70. The Balaban J connectivity index is 2.29. The maximum Gasteiger partial charge on any atom is 0.261 e. The van der Waals surface area contributed by atoms with Crippen molar-refractivity contribution in [1.82, 2.24) is 4.90 Å². The van der Waals surface area contributed by atoms with E-state index in [1.165, 1.54) is 38.1 Å². The summed E-state index contributed by atoms with van der Waals surface area (Å²) in [5.74, 6) is -0.207. The number of carbonyl (C=O) groups excluding carboxylic acids is 2. The third-order valence-corrected chi connectivity index (χ3v) is 5.40. The van der Waals surface area contributed by atoms with Crippen molar-refractivity contribution in [2.24, 2.45) is 0 Å². The average molecular weight is 374 g/mol. The van der Waals surface area contributed by atoms with Crippen LogP contribution in [0.1, 0.15) is 36.7 Å². The van der Waals surface area contributed by atoms with Crippen molar-refractivity contribution < 1.29 is 18.0 Å². The molecule has 0 saturated carbocycles. The Labute approximate surface area is 153 Å². The number of rotatable bonds is 7. The topological polar surface area (TPSA) is 83.6 Å². The van der Waals surface area contributed by atoms with Crippen LogP contribution in [-0.2, 0) is 21.4 Å². The van der Waals surface area contributed by atoms with Gasteiger partial charge in [-0.25, -0.2) is 8.42 Å². The Morgan fingerprint density at radius 2 is 1.62 bits per heavy atom. The van der Waals surface area contributed by atoms with Gasteiger partial charge in [-0.2, -0.15) is 0 Å². The summed E-state index contributed by atoms with van der Waals surface area (Å²) in [5.41, 5.74) is 1.57. The number of Topliss-reactive ketones (excluding diaryl/α,β-unsaturated/α-hetero) is 1. The molecule has 0 fully saturated rings. The van der Waals surface area contributed by atoms with Crippen molar-refractivity contribution in [2.45, 2.75) is 32.2 Å². The highest BCUT2D eigenvalue weighted by atomic mass is 32.2. The van der Waals surface area contributed by atoms with Crippen LogP contribution in [0.25, 0.3) is 0 Å². The molecule has 2 rings (SSSR count). The molecule has 0 heterocycles. The van der Waals surface area contributed by atoms with Gasteiger partial charge in [0.2, 0.25) is 5.91 Å². The first kappa shape index (κ1) is 19.7. The van der Waals surface area contributed by atoms with Crippen molar-refractivity contribution in [3.05, 3.63) is 59.7 Å². The lowest BCUT2D eigenvalue weighted by molar-refractivity contribution is -0.129. The van der Waals surface area contributed by atoms with Crippen LogP contribution in [0.3, 0.4) is 0 Å². The first-order chi connectivity index (χ1) is 12.2. The lowest BCUT2D eigenvalue weighted by Crippen LogP contribution is -2.28. The molecule has 0 radical (unpaired) electrons. The minimum absolute atomic E-state index is 0.0659. The largest absolute Gasteiger partial charge is 0.339 e. The molecule has 7 heteroatoms. The molecule has 1 amide bonds. The van der Waals surface area contributed by atoms with Gasteiger partial charge in [0.05, 0.1) is 10.6 Å². The van der Waals surface area contributed by atoms with Crippen molar-refractivity contribution >= 4 is 27.4 Å². The Morgan fingerprint density at radius 1 is 1.00 bits per heavy atom. The quantitative estimate of drug-likeness (QED) is 0.755. The van der Waals surface area contributed by atoms with E-state index in [9.17, 15) is 18.0 Å². The van der Waals surface area contributed by atoms with E-state index < -0.39 is 10.0 Å².